The standard InChI is InChI=1S/C10H12N2O4/c13-9(14)3-7-4-11-8-2-1-6(10(15)16)5-12(7)8/h4,6H,1-3,5H2,(H,13,14)(H,15,16). The number of hydrogen-bond donors (Lipinski definition) is 2. The zero-order chi connectivity index (χ0) is 11.7. The van der Waals surface area contributed by atoms with E-state index in [-0.39, 0.29) is 6.42 Å². The molecule has 2 rings (SSSR count). The Hall–Kier alpha value is -1.85. The quantitative estimate of drug-likeness (QED) is 0.762. The van der Waals surface area contributed by atoms with E-state index in [2.05, 4.69) is 4.98 Å². The molecule has 1 aliphatic rings. The van der Waals surface area contributed by atoms with E-state index < -0.39 is 17.9 Å². The summed E-state index contributed by atoms with van der Waals surface area (Å²) in [6.07, 6.45) is 2.57. The summed E-state index contributed by atoms with van der Waals surface area (Å²) >= 11 is 0. The van der Waals surface area contributed by atoms with Crippen LogP contribution in [-0.4, -0.2) is 31.7 Å². The molecule has 0 saturated heterocycles. The van der Waals surface area contributed by atoms with E-state index in [9.17, 15) is 9.59 Å². The maximum absolute atomic E-state index is 10.9. The van der Waals surface area contributed by atoms with Crippen LogP contribution in [-0.2, 0) is 29.0 Å². The van der Waals surface area contributed by atoms with Gasteiger partial charge >= 0.3 is 11.9 Å². The number of rotatable bonds is 3. The fourth-order valence-electron chi connectivity index (χ4n) is 1.99. The van der Waals surface area contributed by atoms with Gasteiger partial charge < -0.3 is 14.8 Å². The number of imidazole rings is 1. The van der Waals surface area contributed by atoms with Crippen LogP contribution in [0.3, 0.4) is 0 Å². The second-order valence-electron chi connectivity index (χ2n) is 3.92. The Morgan fingerprint density at radius 1 is 1.50 bits per heavy atom. The lowest BCUT2D eigenvalue weighted by Gasteiger charge is -2.21. The number of fused-ring (bicyclic) bond motifs is 1. The van der Waals surface area contributed by atoms with Crippen LogP contribution < -0.4 is 0 Å². The predicted octanol–water partition coefficient (Wildman–Crippen LogP) is 0.157. The van der Waals surface area contributed by atoms with Gasteiger partial charge in [0.25, 0.3) is 0 Å². The van der Waals surface area contributed by atoms with E-state index in [1.807, 2.05) is 0 Å². The van der Waals surface area contributed by atoms with Gasteiger partial charge in [-0.3, -0.25) is 9.59 Å². The van der Waals surface area contributed by atoms with Gasteiger partial charge in [0.1, 0.15) is 5.82 Å². The molecular formula is C10H12N2O4. The second kappa shape index (κ2) is 3.96. The minimum Gasteiger partial charge on any atom is -0.481 e. The summed E-state index contributed by atoms with van der Waals surface area (Å²) < 4.78 is 1.72. The molecule has 6 nitrogen and oxygen atoms in total. The molecule has 16 heavy (non-hydrogen) atoms. The molecule has 1 aliphatic heterocycles. The van der Waals surface area contributed by atoms with Crippen LogP contribution in [0.1, 0.15) is 17.9 Å². The molecule has 1 unspecified atom stereocenters. The third-order valence-electron chi connectivity index (χ3n) is 2.82. The van der Waals surface area contributed by atoms with Crippen molar-refractivity contribution < 1.29 is 19.8 Å². The molecule has 6 heteroatoms. The average molecular weight is 224 g/mol. The zero-order valence-corrected chi connectivity index (χ0v) is 8.59. The van der Waals surface area contributed by atoms with Crippen molar-refractivity contribution in [3.05, 3.63) is 17.7 Å². The van der Waals surface area contributed by atoms with E-state index in [4.69, 9.17) is 10.2 Å². The van der Waals surface area contributed by atoms with Gasteiger partial charge in [-0.1, -0.05) is 0 Å². The number of aromatic nitrogens is 2. The van der Waals surface area contributed by atoms with Crippen molar-refractivity contribution in [3.8, 4) is 0 Å². The number of carboxylic acid groups (broad SMARTS) is 2. The fraction of sp³-hybridized carbons (Fsp3) is 0.500. The molecule has 1 atom stereocenters. The van der Waals surface area contributed by atoms with E-state index in [0.29, 0.717) is 25.1 Å². The van der Waals surface area contributed by atoms with Gasteiger partial charge in [0.2, 0.25) is 0 Å². The Balaban J connectivity index is 2.24. The molecule has 2 N–H and O–H groups in total. The summed E-state index contributed by atoms with van der Waals surface area (Å²) in [6.45, 7) is 0.327. The molecule has 1 aromatic heterocycles. The first kappa shape index (κ1) is 10.7. The first-order valence-corrected chi connectivity index (χ1v) is 5.06. The highest BCUT2D eigenvalue weighted by Crippen LogP contribution is 2.21. The van der Waals surface area contributed by atoms with Crippen molar-refractivity contribution in [2.24, 2.45) is 5.92 Å². The molecule has 0 aliphatic carbocycles. The maximum Gasteiger partial charge on any atom is 0.309 e. The Kier molecular flexibility index (Phi) is 2.64. The highest BCUT2D eigenvalue weighted by atomic mass is 16.4. The molecule has 86 valence electrons. The lowest BCUT2D eigenvalue weighted by molar-refractivity contribution is -0.142. The van der Waals surface area contributed by atoms with Crippen LogP contribution in [0.15, 0.2) is 6.20 Å². The molecule has 0 fully saturated rings. The van der Waals surface area contributed by atoms with Crippen LogP contribution >= 0.6 is 0 Å². The van der Waals surface area contributed by atoms with Crippen LogP contribution in [0.25, 0.3) is 0 Å². The minimum atomic E-state index is -0.930. The molecule has 1 aromatic rings. The van der Waals surface area contributed by atoms with Gasteiger partial charge in [-0.2, -0.15) is 0 Å². The Morgan fingerprint density at radius 2 is 2.25 bits per heavy atom. The molecule has 0 amide bonds. The minimum absolute atomic E-state index is 0.112. The summed E-state index contributed by atoms with van der Waals surface area (Å²) in [7, 11) is 0. The van der Waals surface area contributed by atoms with Gasteiger partial charge in [0.05, 0.1) is 12.3 Å². The Bertz CT molecular complexity index is 438. The zero-order valence-electron chi connectivity index (χ0n) is 8.59. The number of nitrogens with zero attached hydrogens (tertiary/aromatic N) is 2. The number of aliphatic carboxylic acids is 2. The van der Waals surface area contributed by atoms with Gasteiger partial charge in [0, 0.05) is 24.9 Å². The van der Waals surface area contributed by atoms with Crippen molar-refractivity contribution in [1.82, 2.24) is 9.55 Å². The molecule has 0 bridgehead atoms. The van der Waals surface area contributed by atoms with Crippen molar-refractivity contribution in [2.45, 2.75) is 25.8 Å². The lowest BCUT2D eigenvalue weighted by Crippen LogP contribution is -2.28. The first-order chi connectivity index (χ1) is 7.58. The SMILES string of the molecule is O=C(O)Cc1cnc2n1CC(C(=O)O)CC2. The molecule has 0 spiro atoms. The number of aryl methyl sites for hydroxylation is 1. The van der Waals surface area contributed by atoms with Crippen molar-refractivity contribution in [1.29, 1.82) is 0 Å². The van der Waals surface area contributed by atoms with E-state index in [1.165, 1.54) is 6.20 Å². The average Bonchev–Trinajstić information content (AvgIpc) is 2.60. The third-order valence-corrected chi connectivity index (χ3v) is 2.82. The molecule has 0 aromatic carbocycles. The molecular weight excluding hydrogens is 212 g/mol. The molecule has 0 saturated carbocycles. The summed E-state index contributed by atoms with van der Waals surface area (Å²) in [4.78, 5) is 25.6. The van der Waals surface area contributed by atoms with Crippen molar-refractivity contribution >= 4 is 11.9 Å². The number of carbonyl (C=O) groups is 2. The van der Waals surface area contributed by atoms with Crippen molar-refractivity contribution in [3.63, 3.8) is 0 Å². The van der Waals surface area contributed by atoms with E-state index >= 15 is 0 Å². The molecule has 0 radical (unpaired) electrons. The largest absolute Gasteiger partial charge is 0.481 e. The van der Waals surface area contributed by atoms with Gasteiger partial charge in [-0.15, -0.1) is 0 Å². The summed E-state index contributed by atoms with van der Waals surface area (Å²) in [5.74, 6) is -1.41. The monoisotopic (exact) mass is 224 g/mol. The first-order valence-electron chi connectivity index (χ1n) is 5.06. The van der Waals surface area contributed by atoms with Gasteiger partial charge in [-0.05, 0) is 6.42 Å². The fourth-order valence-corrected chi connectivity index (χ4v) is 1.99. The maximum atomic E-state index is 10.9. The number of carboxylic acids is 2. The third kappa shape index (κ3) is 1.91. The second-order valence-corrected chi connectivity index (χ2v) is 3.92. The number of hydrogen-bond acceptors (Lipinski definition) is 3. The predicted molar refractivity (Wildman–Crippen MR) is 53.0 cm³/mol. The lowest BCUT2D eigenvalue weighted by atomic mass is 9.99. The van der Waals surface area contributed by atoms with Crippen LogP contribution in [0, 0.1) is 5.92 Å². The Labute approximate surface area is 91.5 Å². The van der Waals surface area contributed by atoms with Crippen molar-refractivity contribution in [2.75, 3.05) is 0 Å². The normalized spacial score (nSPS) is 19.1. The van der Waals surface area contributed by atoms with E-state index in [0.717, 1.165) is 5.82 Å². The Morgan fingerprint density at radius 3 is 2.88 bits per heavy atom. The smallest absolute Gasteiger partial charge is 0.309 e. The summed E-state index contributed by atoms with van der Waals surface area (Å²) in [5, 5.41) is 17.6. The summed E-state index contributed by atoms with van der Waals surface area (Å²) in [5.41, 5.74) is 0.577. The van der Waals surface area contributed by atoms with Crippen LogP contribution in [0.5, 0.6) is 0 Å². The highest BCUT2D eigenvalue weighted by Gasteiger charge is 2.26. The van der Waals surface area contributed by atoms with Crippen LogP contribution in [0.2, 0.25) is 0 Å². The van der Waals surface area contributed by atoms with Gasteiger partial charge in [-0.25, -0.2) is 4.98 Å². The summed E-state index contributed by atoms with van der Waals surface area (Å²) in [6, 6.07) is 0. The highest BCUT2D eigenvalue weighted by molar-refractivity contribution is 5.71. The van der Waals surface area contributed by atoms with Crippen LogP contribution in [0.4, 0.5) is 0 Å². The van der Waals surface area contributed by atoms with E-state index in [1.54, 1.807) is 4.57 Å². The topological polar surface area (TPSA) is 92.4 Å². The molecule has 2 heterocycles. The van der Waals surface area contributed by atoms with Gasteiger partial charge in [0.15, 0.2) is 0 Å².